The summed E-state index contributed by atoms with van der Waals surface area (Å²) in [5.41, 5.74) is 7.54. The summed E-state index contributed by atoms with van der Waals surface area (Å²) in [6, 6.07) is 5.87. The van der Waals surface area contributed by atoms with Crippen LogP contribution in [0.4, 0.5) is 4.79 Å². The molecular formula is C15H23NO2. The van der Waals surface area contributed by atoms with E-state index in [9.17, 15) is 4.79 Å². The molecule has 1 aromatic carbocycles. The number of rotatable bonds is 7. The van der Waals surface area contributed by atoms with Gasteiger partial charge in [-0.2, -0.15) is 0 Å². The summed E-state index contributed by atoms with van der Waals surface area (Å²) < 4.78 is 5.10. The van der Waals surface area contributed by atoms with Gasteiger partial charge in [0.1, 0.15) is 5.75 Å². The number of hydrogen-bond donors (Lipinski definition) is 1. The molecule has 0 aliphatic heterocycles. The average molecular weight is 249 g/mol. The summed E-state index contributed by atoms with van der Waals surface area (Å²) in [6.45, 7) is 4.33. The first-order chi connectivity index (χ1) is 8.69. The number of hydrogen-bond acceptors (Lipinski definition) is 2. The van der Waals surface area contributed by atoms with Crippen molar-refractivity contribution in [2.45, 2.75) is 52.4 Å². The largest absolute Gasteiger partial charge is 0.410 e. The van der Waals surface area contributed by atoms with Gasteiger partial charge in [-0.25, -0.2) is 4.79 Å². The van der Waals surface area contributed by atoms with Crippen molar-refractivity contribution < 1.29 is 9.53 Å². The maximum atomic E-state index is 10.9. The molecule has 0 radical (unpaired) electrons. The summed E-state index contributed by atoms with van der Waals surface area (Å²) in [5, 5.41) is 0. The molecule has 0 aliphatic carbocycles. The molecule has 100 valence electrons. The molecular weight excluding hydrogens is 226 g/mol. The zero-order valence-electron chi connectivity index (χ0n) is 11.4. The zero-order valence-corrected chi connectivity index (χ0v) is 11.4. The topological polar surface area (TPSA) is 52.3 Å². The number of nitrogens with two attached hydrogens (primary N) is 1. The van der Waals surface area contributed by atoms with Gasteiger partial charge in [0, 0.05) is 0 Å². The van der Waals surface area contributed by atoms with Gasteiger partial charge in [0.2, 0.25) is 0 Å². The van der Waals surface area contributed by atoms with Crippen molar-refractivity contribution in [3.8, 4) is 5.75 Å². The van der Waals surface area contributed by atoms with Gasteiger partial charge in [-0.15, -0.1) is 0 Å². The lowest BCUT2D eigenvalue weighted by atomic mass is 9.97. The molecule has 0 bridgehead atoms. The van der Waals surface area contributed by atoms with Crippen molar-refractivity contribution in [1.82, 2.24) is 0 Å². The molecule has 1 amide bonds. The third-order valence-corrected chi connectivity index (χ3v) is 3.02. The minimum absolute atomic E-state index is 0.629. The molecule has 0 aliphatic rings. The molecule has 3 heteroatoms. The molecule has 0 atom stereocenters. The zero-order chi connectivity index (χ0) is 13.4. The van der Waals surface area contributed by atoms with Crippen LogP contribution in [-0.4, -0.2) is 6.09 Å². The Morgan fingerprint density at radius 1 is 1.17 bits per heavy atom. The molecule has 3 nitrogen and oxygen atoms in total. The summed E-state index contributed by atoms with van der Waals surface area (Å²) in [5.74, 6) is 0.629. The second-order valence-electron chi connectivity index (χ2n) is 4.52. The second kappa shape index (κ2) is 7.75. The Kier molecular flexibility index (Phi) is 6.26. The quantitative estimate of drug-likeness (QED) is 0.798. The molecule has 1 rings (SSSR count). The summed E-state index contributed by atoms with van der Waals surface area (Å²) in [6.07, 6.45) is 5.77. The lowest BCUT2D eigenvalue weighted by Crippen LogP contribution is -2.17. The van der Waals surface area contributed by atoms with Crippen molar-refractivity contribution in [2.24, 2.45) is 5.73 Å². The molecule has 2 N–H and O–H groups in total. The van der Waals surface area contributed by atoms with Gasteiger partial charge in [0.25, 0.3) is 0 Å². The van der Waals surface area contributed by atoms with Gasteiger partial charge in [-0.1, -0.05) is 38.8 Å². The van der Waals surface area contributed by atoms with Crippen molar-refractivity contribution in [2.75, 3.05) is 0 Å². The third-order valence-electron chi connectivity index (χ3n) is 3.02. The van der Waals surface area contributed by atoms with E-state index < -0.39 is 6.09 Å². The lowest BCUT2D eigenvalue weighted by molar-refractivity contribution is 0.210. The Morgan fingerprint density at radius 2 is 1.83 bits per heavy atom. The maximum absolute atomic E-state index is 10.9. The van der Waals surface area contributed by atoms with E-state index in [2.05, 4.69) is 19.9 Å². The first-order valence-electron chi connectivity index (χ1n) is 6.77. The van der Waals surface area contributed by atoms with Crippen molar-refractivity contribution >= 4 is 6.09 Å². The summed E-state index contributed by atoms with van der Waals surface area (Å²) in [7, 11) is 0. The van der Waals surface area contributed by atoms with Crippen LogP contribution in [0, 0.1) is 0 Å². The number of carbonyl (C=O) groups excluding carboxylic acids is 1. The van der Waals surface area contributed by atoms with Crippen LogP contribution in [0.3, 0.4) is 0 Å². The van der Waals surface area contributed by atoms with Gasteiger partial charge < -0.3 is 10.5 Å². The molecule has 0 spiro atoms. The number of carbonyl (C=O) groups is 1. The Morgan fingerprint density at radius 3 is 2.44 bits per heavy atom. The lowest BCUT2D eigenvalue weighted by Gasteiger charge is -2.13. The number of amides is 1. The Bertz CT molecular complexity index is 388. The Balaban J connectivity index is 2.95. The van der Waals surface area contributed by atoms with Crippen molar-refractivity contribution in [1.29, 1.82) is 0 Å². The molecule has 1 aromatic rings. The fraction of sp³-hybridized carbons (Fsp3) is 0.533. The molecule has 0 saturated carbocycles. The smallest absolute Gasteiger partial charge is 0.409 e. The standard InChI is InChI=1S/C15H23NO2/c1-3-5-8-12-9-7-11-14(18-15(16)17)13(12)10-6-4-2/h7,9,11H,3-6,8,10H2,1-2H3,(H2,16,17). The Hall–Kier alpha value is -1.51. The minimum Gasteiger partial charge on any atom is -0.410 e. The van der Waals surface area contributed by atoms with E-state index in [4.69, 9.17) is 10.5 Å². The Labute approximate surface area is 109 Å². The highest BCUT2D eigenvalue weighted by Crippen LogP contribution is 2.26. The average Bonchev–Trinajstić information content (AvgIpc) is 2.34. The third kappa shape index (κ3) is 4.40. The molecule has 0 unspecified atom stereocenters. The normalized spacial score (nSPS) is 10.3. The minimum atomic E-state index is -0.736. The summed E-state index contributed by atoms with van der Waals surface area (Å²) >= 11 is 0. The van der Waals surface area contributed by atoms with E-state index in [0.29, 0.717) is 5.75 Å². The fourth-order valence-electron chi connectivity index (χ4n) is 2.05. The van der Waals surface area contributed by atoms with E-state index in [-0.39, 0.29) is 0 Å². The number of primary amides is 1. The molecule has 0 fully saturated rings. The van der Waals surface area contributed by atoms with Gasteiger partial charge in [-0.05, 0) is 42.9 Å². The van der Waals surface area contributed by atoms with E-state index in [1.807, 2.05) is 12.1 Å². The molecule has 0 saturated heterocycles. The summed E-state index contributed by atoms with van der Waals surface area (Å²) in [4.78, 5) is 10.9. The second-order valence-corrected chi connectivity index (χ2v) is 4.52. The van der Waals surface area contributed by atoms with Crippen LogP contribution in [-0.2, 0) is 12.8 Å². The predicted octanol–water partition coefficient (Wildman–Crippen LogP) is 3.83. The van der Waals surface area contributed by atoms with Crippen LogP contribution >= 0.6 is 0 Å². The predicted molar refractivity (Wildman–Crippen MR) is 73.9 cm³/mol. The number of benzene rings is 1. The molecule has 0 aromatic heterocycles. The monoisotopic (exact) mass is 249 g/mol. The maximum Gasteiger partial charge on any atom is 0.409 e. The molecule has 18 heavy (non-hydrogen) atoms. The van der Waals surface area contributed by atoms with Crippen LogP contribution in [0.2, 0.25) is 0 Å². The highest BCUT2D eigenvalue weighted by atomic mass is 16.5. The molecule has 0 heterocycles. The SMILES string of the molecule is CCCCc1cccc(OC(N)=O)c1CCCC. The van der Waals surface area contributed by atoms with E-state index >= 15 is 0 Å². The van der Waals surface area contributed by atoms with Crippen LogP contribution in [0.1, 0.15) is 50.7 Å². The van der Waals surface area contributed by atoms with Gasteiger partial charge in [-0.3, -0.25) is 0 Å². The first-order valence-corrected chi connectivity index (χ1v) is 6.77. The van der Waals surface area contributed by atoms with Crippen LogP contribution in [0.5, 0.6) is 5.75 Å². The fourth-order valence-corrected chi connectivity index (χ4v) is 2.05. The van der Waals surface area contributed by atoms with Crippen molar-refractivity contribution in [3.05, 3.63) is 29.3 Å². The number of aryl methyl sites for hydroxylation is 1. The highest BCUT2D eigenvalue weighted by molar-refractivity contribution is 5.68. The van der Waals surface area contributed by atoms with Gasteiger partial charge >= 0.3 is 6.09 Å². The van der Waals surface area contributed by atoms with E-state index in [1.54, 1.807) is 0 Å². The van der Waals surface area contributed by atoms with Gasteiger partial charge in [0.05, 0.1) is 0 Å². The van der Waals surface area contributed by atoms with Crippen LogP contribution in [0.25, 0.3) is 0 Å². The first kappa shape index (κ1) is 14.6. The number of unbranched alkanes of at least 4 members (excludes halogenated alkanes) is 2. The van der Waals surface area contributed by atoms with Crippen LogP contribution in [0.15, 0.2) is 18.2 Å². The number of ether oxygens (including phenoxy) is 1. The van der Waals surface area contributed by atoms with Crippen molar-refractivity contribution in [3.63, 3.8) is 0 Å². The van der Waals surface area contributed by atoms with Crippen LogP contribution < -0.4 is 10.5 Å². The van der Waals surface area contributed by atoms with E-state index in [0.717, 1.165) is 44.1 Å². The van der Waals surface area contributed by atoms with Gasteiger partial charge in [0.15, 0.2) is 0 Å². The van der Waals surface area contributed by atoms with E-state index in [1.165, 1.54) is 5.56 Å². The highest BCUT2D eigenvalue weighted by Gasteiger charge is 2.10.